The van der Waals surface area contributed by atoms with Crippen LogP contribution < -0.4 is 0 Å². The Morgan fingerprint density at radius 3 is 2.50 bits per heavy atom. The lowest BCUT2D eigenvalue weighted by molar-refractivity contribution is 0.0896. The van der Waals surface area contributed by atoms with E-state index in [1.807, 2.05) is 0 Å². The standard InChI is InChI=1S/C17H29N3/c1-2-3-17(12-18)20-8-6-19(7-9-20)13-16-11-14-4-5-15(16)10-14/h14-17H,2-11,13H2,1H3. The average Bonchev–Trinajstić information content (AvgIpc) is 3.08. The molecule has 0 aromatic rings. The van der Waals surface area contributed by atoms with Gasteiger partial charge in [0.05, 0.1) is 12.1 Å². The Kier molecular flexibility index (Phi) is 4.63. The van der Waals surface area contributed by atoms with Crippen LogP contribution in [-0.2, 0) is 0 Å². The Balaban J connectivity index is 1.43. The number of rotatable bonds is 5. The summed E-state index contributed by atoms with van der Waals surface area (Å²) in [6, 6.07) is 2.65. The van der Waals surface area contributed by atoms with Crippen LogP contribution in [0.15, 0.2) is 0 Å². The highest BCUT2D eigenvalue weighted by Crippen LogP contribution is 2.48. The van der Waals surface area contributed by atoms with E-state index in [1.165, 1.54) is 45.3 Å². The Morgan fingerprint density at radius 1 is 1.15 bits per heavy atom. The Morgan fingerprint density at radius 2 is 1.95 bits per heavy atom. The highest BCUT2D eigenvalue weighted by molar-refractivity contribution is 4.95. The van der Waals surface area contributed by atoms with Crippen LogP contribution in [0.2, 0.25) is 0 Å². The van der Waals surface area contributed by atoms with Gasteiger partial charge in [-0.1, -0.05) is 19.8 Å². The van der Waals surface area contributed by atoms with E-state index in [0.717, 1.165) is 43.7 Å². The van der Waals surface area contributed by atoms with Gasteiger partial charge in [-0.05, 0) is 43.4 Å². The van der Waals surface area contributed by atoms with Gasteiger partial charge in [-0.3, -0.25) is 4.90 Å². The van der Waals surface area contributed by atoms with Gasteiger partial charge in [0, 0.05) is 32.7 Å². The molecule has 1 aliphatic heterocycles. The summed E-state index contributed by atoms with van der Waals surface area (Å²) in [4.78, 5) is 5.07. The molecule has 2 saturated carbocycles. The van der Waals surface area contributed by atoms with Crippen LogP contribution in [-0.4, -0.2) is 48.6 Å². The maximum Gasteiger partial charge on any atom is 0.0978 e. The number of hydrogen-bond donors (Lipinski definition) is 0. The van der Waals surface area contributed by atoms with Crippen LogP contribution in [0.5, 0.6) is 0 Å². The van der Waals surface area contributed by atoms with Crippen molar-refractivity contribution in [3.05, 3.63) is 0 Å². The number of nitrogens with zero attached hydrogens (tertiary/aromatic N) is 3. The van der Waals surface area contributed by atoms with Gasteiger partial charge in [0.2, 0.25) is 0 Å². The molecule has 3 heteroatoms. The SMILES string of the molecule is CCCC(C#N)N1CCN(CC2CC3CCC2C3)CC1. The molecule has 3 nitrogen and oxygen atoms in total. The molecule has 112 valence electrons. The fourth-order valence-electron chi connectivity index (χ4n) is 4.79. The molecule has 4 unspecified atom stereocenters. The van der Waals surface area contributed by atoms with Crippen molar-refractivity contribution in [1.29, 1.82) is 5.26 Å². The van der Waals surface area contributed by atoms with Crippen molar-refractivity contribution in [3.63, 3.8) is 0 Å². The van der Waals surface area contributed by atoms with Crippen molar-refractivity contribution in [2.24, 2.45) is 17.8 Å². The predicted octanol–water partition coefficient (Wildman–Crippen LogP) is 2.73. The smallest absolute Gasteiger partial charge is 0.0978 e. The van der Waals surface area contributed by atoms with Gasteiger partial charge in [-0.2, -0.15) is 5.26 Å². The molecule has 0 radical (unpaired) electrons. The van der Waals surface area contributed by atoms with E-state index in [2.05, 4.69) is 22.8 Å². The first-order chi connectivity index (χ1) is 9.80. The average molecular weight is 275 g/mol. The Bertz CT molecular complexity index is 354. The second-order valence-electron chi connectivity index (χ2n) is 7.21. The first kappa shape index (κ1) is 14.4. The minimum Gasteiger partial charge on any atom is -0.301 e. The van der Waals surface area contributed by atoms with E-state index >= 15 is 0 Å². The zero-order valence-corrected chi connectivity index (χ0v) is 12.9. The molecule has 3 fully saturated rings. The number of nitriles is 1. The van der Waals surface area contributed by atoms with E-state index in [0.29, 0.717) is 0 Å². The molecule has 2 bridgehead atoms. The van der Waals surface area contributed by atoms with Gasteiger partial charge in [0.1, 0.15) is 0 Å². The molecule has 3 aliphatic rings. The van der Waals surface area contributed by atoms with Crippen LogP contribution in [0.1, 0.15) is 45.4 Å². The number of piperazine rings is 1. The molecule has 1 heterocycles. The maximum atomic E-state index is 9.27. The molecule has 0 spiro atoms. The van der Waals surface area contributed by atoms with E-state index in [-0.39, 0.29) is 6.04 Å². The van der Waals surface area contributed by atoms with Crippen molar-refractivity contribution in [2.75, 3.05) is 32.7 Å². The van der Waals surface area contributed by atoms with Crippen molar-refractivity contribution in [3.8, 4) is 6.07 Å². The quantitative estimate of drug-likeness (QED) is 0.773. The topological polar surface area (TPSA) is 30.3 Å². The minimum atomic E-state index is 0.157. The van der Waals surface area contributed by atoms with Crippen molar-refractivity contribution >= 4 is 0 Å². The van der Waals surface area contributed by atoms with E-state index in [1.54, 1.807) is 0 Å². The first-order valence-electron chi connectivity index (χ1n) is 8.66. The lowest BCUT2D eigenvalue weighted by Gasteiger charge is -2.39. The molecule has 0 aromatic heterocycles. The zero-order valence-electron chi connectivity index (χ0n) is 12.9. The maximum absolute atomic E-state index is 9.27. The molecular formula is C17H29N3. The lowest BCUT2D eigenvalue weighted by Crippen LogP contribution is -2.51. The van der Waals surface area contributed by atoms with Crippen LogP contribution in [0, 0.1) is 29.1 Å². The van der Waals surface area contributed by atoms with Crippen LogP contribution in [0.4, 0.5) is 0 Å². The summed E-state index contributed by atoms with van der Waals surface area (Å²) in [6.07, 6.45) is 8.18. The molecule has 1 saturated heterocycles. The van der Waals surface area contributed by atoms with Gasteiger partial charge < -0.3 is 4.90 Å². The molecule has 2 aliphatic carbocycles. The monoisotopic (exact) mass is 275 g/mol. The molecule has 0 amide bonds. The second kappa shape index (κ2) is 6.45. The third-order valence-electron chi connectivity index (χ3n) is 5.94. The lowest BCUT2D eigenvalue weighted by atomic mass is 9.88. The Hall–Kier alpha value is -0.590. The summed E-state index contributed by atoms with van der Waals surface area (Å²) < 4.78 is 0. The van der Waals surface area contributed by atoms with E-state index in [4.69, 9.17) is 0 Å². The normalized spacial score (nSPS) is 36.1. The van der Waals surface area contributed by atoms with Gasteiger partial charge in [0.15, 0.2) is 0 Å². The summed E-state index contributed by atoms with van der Waals surface area (Å²) in [5.41, 5.74) is 0. The summed E-state index contributed by atoms with van der Waals surface area (Å²) in [6.45, 7) is 8.05. The molecule has 20 heavy (non-hydrogen) atoms. The highest BCUT2D eigenvalue weighted by atomic mass is 15.3. The van der Waals surface area contributed by atoms with Crippen LogP contribution in [0.3, 0.4) is 0 Å². The van der Waals surface area contributed by atoms with Crippen molar-refractivity contribution in [2.45, 2.75) is 51.5 Å². The van der Waals surface area contributed by atoms with Gasteiger partial charge >= 0.3 is 0 Å². The molecule has 0 N–H and O–H groups in total. The van der Waals surface area contributed by atoms with Gasteiger partial charge in [-0.25, -0.2) is 0 Å². The largest absolute Gasteiger partial charge is 0.301 e. The third kappa shape index (κ3) is 3.02. The van der Waals surface area contributed by atoms with Crippen molar-refractivity contribution < 1.29 is 0 Å². The summed E-state index contributed by atoms with van der Waals surface area (Å²) >= 11 is 0. The molecule has 0 aromatic carbocycles. The first-order valence-corrected chi connectivity index (χ1v) is 8.66. The van der Waals surface area contributed by atoms with E-state index < -0.39 is 0 Å². The van der Waals surface area contributed by atoms with Gasteiger partial charge in [0.25, 0.3) is 0 Å². The number of hydrogen-bond acceptors (Lipinski definition) is 3. The van der Waals surface area contributed by atoms with E-state index in [9.17, 15) is 5.26 Å². The Labute approximate surface area is 123 Å². The highest BCUT2D eigenvalue weighted by Gasteiger charge is 2.40. The molecular weight excluding hydrogens is 246 g/mol. The van der Waals surface area contributed by atoms with Gasteiger partial charge in [-0.15, -0.1) is 0 Å². The fraction of sp³-hybridized carbons (Fsp3) is 0.941. The van der Waals surface area contributed by atoms with Crippen LogP contribution in [0.25, 0.3) is 0 Å². The fourth-order valence-corrected chi connectivity index (χ4v) is 4.79. The van der Waals surface area contributed by atoms with Crippen molar-refractivity contribution in [1.82, 2.24) is 9.80 Å². The van der Waals surface area contributed by atoms with Crippen LogP contribution >= 0.6 is 0 Å². The molecule has 3 rings (SSSR count). The second-order valence-corrected chi connectivity index (χ2v) is 7.21. The summed E-state index contributed by atoms with van der Waals surface area (Å²) in [5, 5.41) is 9.27. The predicted molar refractivity (Wildman–Crippen MR) is 81.3 cm³/mol. The number of fused-ring (bicyclic) bond motifs is 2. The minimum absolute atomic E-state index is 0.157. The summed E-state index contributed by atoms with van der Waals surface area (Å²) in [7, 11) is 0. The molecule has 4 atom stereocenters. The zero-order chi connectivity index (χ0) is 13.9. The third-order valence-corrected chi connectivity index (χ3v) is 5.94. The summed E-state index contributed by atoms with van der Waals surface area (Å²) in [5.74, 6) is 3.10.